The number of halogens is 1. The Morgan fingerprint density at radius 1 is 1.06 bits per heavy atom. The van der Waals surface area contributed by atoms with Crippen molar-refractivity contribution in [2.45, 2.75) is 19.3 Å². The van der Waals surface area contributed by atoms with E-state index < -0.39 is 0 Å². The lowest BCUT2D eigenvalue weighted by Crippen LogP contribution is -2.18. The molecule has 0 aliphatic carbocycles. The molecule has 1 N–H and O–H groups in total. The van der Waals surface area contributed by atoms with Gasteiger partial charge in [0.25, 0.3) is 0 Å². The number of rotatable bonds is 1. The SMILES string of the molecule is CC1(C)CNc2ccc(-c3cccc(Cl)c3)cc21. The number of benzene rings is 2. The van der Waals surface area contributed by atoms with Gasteiger partial charge in [0.1, 0.15) is 0 Å². The molecule has 0 fully saturated rings. The summed E-state index contributed by atoms with van der Waals surface area (Å²) in [6.07, 6.45) is 0. The van der Waals surface area contributed by atoms with E-state index in [0.717, 1.165) is 11.6 Å². The third kappa shape index (κ3) is 1.89. The van der Waals surface area contributed by atoms with E-state index in [4.69, 9.17) is 11.6 Å². The summed E-state index contributed by atoms with van der Waals surface area (Å²) < 4.78 is 0. The van der Waals surface area contributed by atoms with E-state index in [1.165, 1.54) is 22.4 Å². The number of hydrogen-bond donors (Lipinski definition) is 1. The highest BCUT2D eigenvalue weighted by molar-refractivity contribution is 6.30. The maximum Gasteiger partial charge on any atom is 0.0412 e. The van der Waals surface area contributed by atoms with E-state index in [2.05, 4.69) is 43.4 Å². The van der Waals surface area contributed by atoms with Crippen molar-refractivity contribution in [3.8, 4) is 11.1 Å². The fourth-order valence-electron chi connectivity index (χ4n) is 2.52. The van der Waals surface area contributed by atoms with E-state index in [0.29, 0.717) is 0 Å². The Labute approximate surface area is 113 Å². The summed E-state index contributed by atoms with van der Waals surface area (Å²) in [5.41, 5.74) is 5.25. The summed E-state index contributed by atoms with van der Waals surface area (Å²) in [6, 6.07) is 14.6. The molecule has 2 aromatic carbocycles. The highest BCUT2D eigenvalue weighted by atomic mass is 35.5. The van der Waals surface area contributed by atoms with Gasteiger partial charge in [-0.3, -0.25) is 0 Å². The van der Waals surface area contributed by atoms with Gasteiger partial charge >= 0.3 is 0 Å². The molecule has 0 amide bonds. The van der Waals surface area contributed by atoms with Crippen molar-refractivity contribution in [2.75, 3.05) is 11.9 Å². The summed E-state index contributed by atoms with van der Waals surface area (Å²) in [7, 11) is 0. The van der Waals surface area contributed by atoms with Crippen LogP contribution >= 0.6 is 11.6 Å². The predicted molar refractivity (Wildman–Crippen MR) is 78.4 cm³/mol. The van der Waals surface area contributed by atoms with Crippen LogP contribution in [0.25, 0.3) is 11.1 Å². The fourth-order valence-corrected chi connectivity index (χ4v) is 2.71. The summed E-state index contributed by atoms with van der Waals surface area (Å²) in [6.45, 7) is 5.54. The zero-order valence-corrected chi connectivity index (χ0v) is 11.4. The van der Waals surface area contributed by atoms with Gasteiger partial charge in [0.15, 0.2) is 0 Å². The van der Waals surface area contributed by atoms with Gasteiger partial charge in [-0.1, -0.05) is 43.6 Å². The number of hydrogen-bond acceptors (Lipinski definition) is 1. The van der Waals surface area contributed by atoms with Gasteiger partial charge in [-0.2, -0.15) is 0 Å². The van der Waals surface area contributed by atoms with Crippen molar-refractivity contribution in [3.05, 3.63) is 53.1 Å². The molecule has 1 nitrogen and oxygen atoms in total. The van der Waals surface area contributed by atoms with Crippen LogP contribution in [0, 0.1) is 0 Å². The number of nitrogens with one attached hydrogen (secondary N) is 1. The van der Waals surface area contributed by atoms with Crippen LogP contribution in [-0.4, -0.2) is 6.54 Å². The Kier molecular flexibility index (Phi) is 2.60. The monoisotopic (exact) mass is 257 g/mol. The van der Waals surface area contributed by atoms with Crippen LogP contribution in [0.3, 0.4) is 0 Å². The maximum atomic E-state index is 6.06. The standard InChI is InChI=1S/C16H16ClN/c1-16(2)10-18-15-7-6-12(9-14(15)16)11-4-3-5-13(17)8-11/h3-9,18H,10H2,1-2H3. The highest BCUT2D eigenvalue weighted by Gasteiger charge is 2.29. The van der Waals surface area contributed by atoms with Gasteiger partial charge < -0.3 is 5.32 Å². The van der Waals surface area contributed by atoms with E-state index in [-0.39, 0.29) is 5.41 Å². The van der Waals surface area contributed by atoms with Crippen LogP contribution in [0.5, 0.6) is 0 Å². The molecule has 0 saturated heterocycles. The van der Waals surface area contributed by atoms with Crippen LogP contribution in [0.2, 0.25) is 5.02 Å². The molecule has 2 aromatic rings. The summed E-state index contributed by atoms with van der Waals surface area (Å²) >= 11 is 6.06. The zero-order chi connectivity index (χ0) is 12.8. The molecule has 0 radical (unpaired) electrons. The van der Waals surface area contributed by atoms with Crippen LogP contribution < -0.4 is 5.32 Å². The van der Waals surface area contributed by atoms with Crippen LogP contribution in [0.1, 0.15) is 19.4 Å². The van der Waals surface area contributed by atoms with E-state index in [1.807, 2.05) is 18.2 Å². The Morgan fingerprint density at radius 3 is 2.61 bits per heavy atom. The lowest BCUT2D eigenvalue weighted by Gasteiger charge is -2.17. The first-order valence-electron chi connectivity index (χ1n) is 6.21. The molecule has 1 heterocycles. The van der Waals surface area contributed by atoms with Crippen molar-refractivity contribution in [3.63, 3.8) is 0 Å². The first kappa shape index (κ1) is 11.6. The second-order valence-corrected chi connectivity index (χ2v) is 5.94. The third-order valence-electron chi connectivity index (χ3n) is 3.63. The molecule has 0 saturated carbocycles. The minimum absolute atomic E-state index is 0.198. The molecule has 0 spiro atoms. The summed E-state index contributed by atoms with van der Waals surface area (Å²) in [5.74, 6) is 0. The molecule has 0 bridgehead atoms. The normalized spacial score (nSPS) is 16.2. The van der Waals surface area contributed by atoms with E-state index in [9.17, 15) is 0 Å². The largest absolute Gasteiger partial charge is 0.384 e. The molecule has 18 heavy (non-hydrogen) atoms. The Hall–Kier alpha value is -1.47. The van der Waals surface area contributed by atoms with Gasteiger partial charge in [-0.25, -0.2) is 0 Å². The quantitative estimate of drug-likeness (QED) is 0.780. The second kappa shape index (κ2) is 4.03. The average Bonchev–Trinajstić information content (AvgIpc) is 2.65. The van der Waals surface area contributed by atoms with Gasteiger partial charge in [-0.15, -0.1) is 0 Å². The molecule has 92 valence electrons. The van der Waals surface area contributed by atoms with Gasteiger partial charge in [-0.05, 0) is 41.0 Å². The highest BCUT2D eigenvalue weighted by Crippen LogP contribution is 2.38. The molecule has 0 unspecified atom stereocenters. The van der Waals surface area contributed by atoms with E-state index in [1.54, 1.807) is 0 Å². The van der Waals surface area contributed by atoms with Gasteiger partial charge in [0.2, 0.25) is 0 Å². The molecule has 0 atom stereocenters. The predicted octanol–water partition coefficient (Wildman–Crippen LogP) is 4.71. The second-order valence-electron chi connectivity index (χ2n) is 5.51. The number of anilines is 1. The maximum absolute atomic E-state index is 6.06. The van der Waals surface area contributed by atoms with Crippen molar-refractivity contribution >= 4 is 17.3 Å². The smallest absolute Gasteiger partial charge is 0.0412 e. The van der Waals surface area contributed by atoms with Crippen molar-refractivity contribution < 1.29 is 0 Å². The summed E-state index contributed by atoms with van der Waals surface area (Å²) in [4.78, 5) is 0. The van der Waals surface area contributed by atoms with Gasteiger partial charge in [0, 0.05) is 22.7 Å². The Bertz CT molecular complexity index is 602. The molecule has 3 rings (SSSR count). The average molecular weight is 258 g/mol. The number of fused-ring (bicyclic) bond motifs is 1. The molecule has 0 aromatic heterocycles. The fraction of sp³-hybridized carbons (Fsp3) is 0.250. The van der Waals surface area contributed by atoms with Crippen LogP contribution in [0.4, 0.5) is 5.69 Å². The minimum Gasteiger partial charge on any atom is -0.384 e. The van der Waals surface area contributed by atoms with Crippen molar-refractivity contribution in [1.82, 2.24) is 0 Å². The third-order valence-corrected chi connectivity index (χ3v) is 3.86. The Morgan fingerprint density at radius 2 is 1.83 bits per heavy atom. The van der Waals surface area contributed by atoms with Crippen LogP contribution in [-0.2, 0) is 5.41 Å². The van der Waals surface area contributed by atoms with Crippen LogP contribution in [0.15, 0.2) is 42.5 Å². The Balaban J connectivity index is 2.11. The molecule has 1 aliphatic rings. The first-order valence-corrected chi connectivity index (χ1v) is 6.58. The molecular formula is C16H16ClN. The molecule has 1 aliphatic heterocycles. The molecular weight excluding hydrogens is 242 g/mol. The van der Waals surface area contributed by atoms with Crippen molar-refractivity contribution in [1.29, 1.82) is 0 Å². The topological polar surface area (TPSA) is 12.0 Å². The summed E-state index contributed by atoms with van der Waals surface area (Å²) in [5, 5.41) is 4.24. The minimum atomic E-state index is 0.198. The van der Waals surface area contributed by atoms with E-state index >= 15 is 0 Å². The lowest BCUT2D eigenvalue weighted by molar-refractivity contribution is 0.586. The van der Waals surface area contributed by atoms with Crippen molar-refractivity contribution in [2.24, 2.45) is 0 Å². The lowest BCUT2D eigenvalue weighted by atomic mass is 9.85. The van der Waals surface area contributed by atoms with Gasteiger partial charge in [0.05, 0.1) is 0 Å². The molecule has 2 heteroatoms. The first-order chi connectivity index (χ1) is 8.56. The zero-order valence-electron chi connectivity index (χ0n) is 10.6.